The van der Waals surface area contributed by atoms with Crippen molar-refractivity contribution < 1.29 is 13.5 Å². The lowest BCUT2D eigenvalue weighted by Crippen LogP contribution is -2.46. The van der Waals surface area contributed by atoms with Gasteiger partial charge in [0.25, 0.3) is 0 Å². The van der Waals surface area contributed by atoms with E-state index in [-0.39, 0.29) is 12.1 Å². The molecule has 0 radical (unpaired) electrons. The molecule has 106 valence electrons. The van der Waals surface area contributed by atoms with Gasteiger partial charge in [0.05, 0.1) is 18.8 Å². The predicted molar refractivity (Wildman–Crippen MR) is 70.1 cm³/mol. The minimum Gasteiger partial charge on any atom is -0.374 e. The number of morpholine rings is 1. The van der Waals surface area contributed by atoms with Crippen LogP contribution in [0.5, 0.6) is 0 Å². The molecule has 0 spiro atoms. The Balaban J connectivity index is 2.29. The maximum atomic E-state index is 14.1. The summed E-state index contributed by atoms with van der Waals surface area (Å²) in [6.07, 6.45) is -0.180. The Morgan fingerprint density at radius 3 is 2.74 bits per heavy atom. The van der Waals surface area contributed by atoms with Crippen LogP contribution in [-0.4, -0.2) is 44.8 Å². The van der Waals surface area contributed by atoms with Crippen LogP contribution in [0, 0.1) is 18.6 Å². The molecule has 1 aromatic carbocycles. The average Bonchev–Trinajstić information content (AvgIpc) is 2.40. The molecule has 5 heteroatoms. The third kappa shape index (κ3) is 2.94. The van der Waals surface area contributed by atoms with Gasteiger partial charge < -0.3 is 15.0 Å². The molecular weight excluding hydrogens is 250 g/mol. The van der Waals surface area contributed by atoms with E-state index in [1.165, 1.54) is 0 Å². The molecule has 0 amide bonds. The zero-order chi connectivity index (χ0) is 14.0. The molecule has 0 saturated carbocycles. The van der Waals surface area contributed by atoms with Crippen LogP contribution in [0.3, 0.4) is 0 Å². The SMILES string of the molecule is CNC(c1ccc(C)c(F)c1F)C1CN(C)CCO1. The highest BCUT2D eigenvalue weighted by Crippen LogP contribution is 2.26. The Hall–Kier alpha value is -1.04. The highest BCUT2D eigenvalue weighted by atomic mass is 19.2. The van der Waals surface area contributed by atoms with Crippen LogP contribution in [0.1, 0.15) is 17.2 Å². The van der Waals surface area contributed by atoms with E-state index in [0.29, 0.717) is 24.3 Å². The van der Waals surface area contributed by atoms with E-state index in [4.69, 9.17) is 4.74 Å². The summed E-state index contributed by atoms with van der Waals surface area (Å²) in [6.45, 7) is 3.72. The highest BCUT2D eigenvalue weighted by Gasteiger charge is 2.29. The molecule has 1 aliphatic rings. The van der Waals surface area contributed by atoms with Crippen molar-refractivity contribution in [3.05, 3.63) is 34.9 Å². The molecule has 1 fully saturated rings. The van der Waals surface area contributed by atoms with Gasteiger partial charge in [0.1, 0.15) is 0 Å². The summed E-state index contributed by atoms with van der Waals surface area (Å²) < 4.78 is 33.4. The van der Waals surface area contributed by atoms with E-state index in [9.17, 15) is 8.78 Å². The van der Waals surface area contributed by atoms with Crippen LogP contribution in [0.2, 0.25) is 0 Å². The molecule has 3 nitrogen and oxygen atoms in total. The fourth-order valence-electron chi connectivity index (χ4n) is 2.46. The number of aryl methyl sites for hydroxylation is 1. The molecular formula is C14H20F2N2O. The van der Waals surface area contributed by atoms with E-state index in [2.05, 4.69) is 10.2 Å². The van der Waals surface area contributed by atoms with Gasteiger partial charge in [0.2, 0.25) is 0 Å². The largest absolute Gasteiger partial charge is 0.374 e. The maximum absolute atomic E-state index is 14.1. The van der Waals surface area contributed by atoms with Crippen LogP contribution >= 0.6 is 0 Å². The monoisotopic (exact) mass is 270 g/mol. The molecule has 1 saturated heterocycles. The Kier molecular flexibility index (Phi) is 4.50. The summed E-state index contributed by atoms with van der Waals surface area (Å²) in [5, 5.41) is 3.04. The van der Waals surface area contributed by atoms with Crippen molar-refractivity contribution >= 4 is 0 Å². The van der Waals surface area contributed by atoms with Crippen molar-refractivity contribution in [2.24, 2.45) is 0 Å². The van der Waals surface area contributed by atoms with Crippen LogP contribution in [0.4, 0.5) is 8.78 Å². The van der Waals surface area contributed by atoms with E-state index in [1.807, 2.05) is 7.05 Å². The first kappa shape index (κ1) is 14.4. The van der Waals surface area contributed by atoms with Gasteiger partial charge in [-0.1, -0.05) is 12.1 Å². The summed E-state index contributed by atoms with van der Waals surface area (Å²) in [4.78, 5) is 2.13. The quantitative estimate of drug-likeness (QED) is 0.907. The van der Waals surface area contributed by atoms with Crippen molar-refractivity contribution in [2.45, 2.75) is 19.1 Å². The van der Waals surface area contributed by atoms with Gasteiger partial charge in [-0.2, -0.15) is 0 Å². The second-order valence-electron chi connectivity index (χ2n) is 5.04. The normalized spacial score (nSPS) is 22.5. The number of rotatable bonds is 3. The Bertz CT molecular complexity index is 453. The Labute approximate surface area is 112 Å². The van der Waals surface area contributed by atoms with Crippen LogP contribution in [0.15, 0.2) is 12.1 Å². The summed E-state index contributed by atoms with van der Waals surface area (Å²) in [7, 11) is 3.73. The van der Waals surface area contributed by atoms with Gasteiger partial charge >= 0.3 is 0 Å². The third-order valence-corrected chi connectivity index (χ3v) is 3.62. The molecule has 1 aliphatic heterocycles. The van der Waals surface area contributed by atoms with Gasteiger partial charge in [-0.3, -0.25) is 0 Å². The van der Waals surface area contributed by atoms with Gasteiger partial charge in [-0.15, -0.1) is 0 Å². The third-order valence-electron chi connectivity index (χ3n) is 3.62. The van der Waals surface area contributed by atoms with E-state index >= 15 is 0 Å². The minimum atomic E-state index is -0.781. The topological polar surface area (TPSA) is 24.5 Å². The van der Waals surface area contributed by atoms with Gasteiger partial charge in [-0.25, -0.2) is 8.78 Å². The Morgan fingerprint density at radius 1 is 1.37 bits per heavy atom. The average molecular weight is 270 g/mol. The molecule has 0 aliphatic carbocycles. The summed E-state index contributed by atoms with van der Waals surface area (Å²) in [6, 6.07) is 2.88. The smallest absolute Gasteiger partial charge is 0.163 e. The second kappa shape index (κ2) is 5.94. The lowest BCUT2D eigenvalue weighted by Gasteiger charge is -2.35. The number of nitrogens with one attached hydrogen (secondary N) is 1. The van der Waals surface area contributed by atoms with Crippen LogP contribution in [0.25, 0.3) is 0 Å². The van der Waals surface area contributed by atoms with E-state index in [1.54, 1.807) is 26.1 Å². The predicted octanol–water partition coefficient (Wildman–Crippen LogP) is 1.86. The first-order chi connectivity index (χ1) is 9.04. The van der Waals surface area contributed by atoms with Gasteiger partial charge in [0.15, 0.2) is 11.6 Å². The zero-order valence-corrected chi connectivity index (χ0v) is 11.5. The van der Waals surface area contributed by atoms with Crippen molar-refractivity contribution in [2.75, 3.05) is 33.8 Å². The molecule has 2 rings (SSSR count). The second-order valence-corrected chi connectivity index (χ2v) is 5.04. The summed E-state index contributed by atoms with van der Waals surface area (Å²) >= 11 is 0. The highest BCUT2D eigenvalue weighted by molar-refractivity contribution is 5.28. The lowest BCUT2D eigenvalue weighted by atomic mass is 9.98. The van der Waals surface area contributed by atoms with Gasteiger partial charge in [0, 0.05) is 18.7 Å². The Morgan fingerprint density at radius 2 is 2.11 bits per heavy atom. The fraction of sp³-hybridized carbons (Fsp3) is 0.571. The number of nitrogens with zero attached hydrogens (tertiary/aromatic N) is 1. The number of hydrogen-bond acceptors (Lipinski definition) is 3. The molecule has 0 aromatic heterocycles. The first-order valence-corrected chi connectivity index (χ1v) is 6.46. The lowest BCUT2D eigenvalue weighted by molar-refractivity contribution is -0.0386. The standard InChI is InChI=1S/C14H20F2N2O/c1-9-4-5-10(13(16)12(9)15)14(17-2)11-8-18(3)6-7-19-11/h4-5,11,14,17H,6-8H2,1-3H3. The molecule has 1 aromatic rings. The summed E-state index contributed by atoms with van der Waals surface area (Å²) in [5.41, 5.74) is 0.642. The first-order valence-electron chi connectivity index (χ1n) is 6.46. The van der Waals surface area contributed by atoms with Gasteiger partial charge in [-0.05, 0) is 26.6 Å². The van der Waals surface area contributed by atoms with Crippen molar-refractivity contribution in [3.8, 4) is 0 Å². The van der Waals surface area contributed by atoms with Crippen LogP contribution < -0.4 is 5.32 Å². The zero-order valence-electron chi connectivity index (χ0n) is 11.5. The molecule has 1 heterocycles. The molecule has 0 bridgehead atoms. The number of hydrogen-bond donors (Lipinski definition) is 1. The van der Waals surface area contributed by atoms with E-state index in [0.717, 1.165) is 6.54 Å². The van der Waals surface area contributed by atoms with Crippen molar-refractivity contribution in [1.29, 1.82) is 0 Å². The molecule has 2 atom stereocenters. The van der Waals surface area contributed by atoms with E-state index < -0.39 is 11.6 Å². The molecule has 1 N–H and O–H groups in total. The van der Waals surface area contributed by atoms with Crippen LogP contribution in [-0.2, 0) is 4.74 Å². The summed E-state index contributed by atoms with van der Waals surface area (Å²) in [5.74, 6) is -1.56. The van der Waals surface area contributed by atoms with Crippen molar-refractivity contribution in [3.63, 3.8) is 0 Å². The number of benzene rings is 1. The maximum Gasteiger partial charge on any atom is 0.163 e. The minimum absolute atomic E-state index is 0.180. The fourth-order valence-corrected chi connectivity index (χ4v) is 2.46. The van der Waals surface area contributed by atoms with Crippen molar-refractivity contribution in [1.82, 2.24) is 10.2 Å². The molecule has 2 unspecified atom stereocenters. The number of likely N-dealkylation sites (N-methyl/N-ethyl adjacent to an activating group) is 2. The number of ether oxygens (including phenoxy) is 1. The molecule has 19 heavy (non-hydrogen) atoms. The number of halogens is 2.